The summed E-state index contributed by atoms with van der Waals surface area (Å²) in [7, 11) is 1.64. The number of nitrogens with one attached hydrogen (secondary N) is 1. The van der Waals surface area contributed by atoms with Crippen LogP contribution >= 0.6 is 11.3 Å². The molecule has 1 aromatic heterocycles. The van der Waals surface area contributed by atoms with Gasteiger partial charge < -0.3 is 19.5 Å². The number of benzene rings is 2. The molecule has 3 aromatic rings. The summed E-state index contributed by atoms with van der Waals surface area (Å²) in [6, 6.07) is 11.7. The van der Waals surface area contributed by atoms with Gasteiger partial charge in [-0.3, -0.25) is 4.79 Å². The predicted molar refractivity (Wildman–Crippen MR) is 108 cm³/mol. The summed E-state index contributed by atoms with van der Waals surface area (Å²) in [5.74, 6) is 2.16. The maximum atomic E-state index is 12.3. The maximum absolute atomic E-state index is 12.3. The minimum Gasteiger partial charge on any atom is -0.496 e. The lowest BCUT2D eigenvalue weighted by Gasteiger charge is -2.07. The normalized spacial score (nSPS) is 12.1. The fourth-order valence-corrected chi connectivity index (χ4v) is 3.74. The van der Waals surface area contributed by atoms with E-state index in [9.17, 15) is 4.79 Å². The Morgan fingerprint density at radius 3 is 2.93 bits per heavy atom. The zero-order valence-corrected chi connectivity index (χ0v) is 16.5. The van der Waals surface area contributed by atoms with Crippen LogP contribution in [0.1, 0.15) is 17.5 Å². The summed E-state index contributed by atoms with van der Waals surface area (Å²) in [4.78, 5) is 16.9. The fourth-order valence-electron chi connectivity index (χ4n) is 3.01. The number of rotatable bonds is 6. The number of anilines is 1. The molecule has 0 bridgehead atoms. The van der Waals surface area contributed by atoms with E-state index in [0.717, 1.165) is 39.6 Å². The van der Waals surface area contributed by atoms with Gasteiger partial charge in [0.1, 0.15) is 5.75 Å². The summed E-state index contributed by atoms with van der Waals surface area (Å²) in [6.45, 7) is 2.27. The highest BCUT2D eigenvalue weighted by molar-refractivity contribution is 7.14. The molecule has 0 atom stereocenters. The van der Waals surface area contributed by atoms with Gasteiger partial charge in [-0.1, -0.05) is 17.7 Å². The summed E-state index contributed by atoms with van der Waals surface area (Å²) >= 11 is 1.40. The molecule has 4 rings (SSSR count). The van der Waals surface area contributed by atoms with Crippen LogP contribution in [-0.2, 0) is 11.2 Å². The lowest BCUT2D eigenvalue weighted by Crippen LogP contribution is -2.12. The molecule has 144 valence electrons. The molecular formula is C21H20N2O4S. The number of hydrogen-bond donors (Lipinski definition) is 1. The molecule has 2 heterocycles. The van der Waals surface area contributed by atoms with E-state index in [4.69, 9.17) is 14.2 Å². The second-order valence-electron chi connectivity index (χ2n) is 6.48. The highest BCUT2D eigenvalue weighted by atomic mass is 32.1. The summed E-state index contributed by atoms with van der Waals surface area (Å²) < 4.78 is 16.1. The third kappa shape index (κ3) is 3.94. The Hall–Kier alpha value is -3.06. The monoisotopic (exact) mass is 396 g/mol. The largest absolute Gasteiger partial charge is 0.496 e. The second kappa shape index (κ2) is 7.90. The Labute approximate surface area is 167 Å². The Kier molecular flexibility index (Phi) is 5.16. The Morgan fingerprint density at radius 1 is 1.21 bits per heavy atom. The summed E-state index contributed by atoms with van der Waals surface area (Å²) in [5, 5.41) is 5.38. The van der Waals surface area contributed by atoms with Crippen LogP contribution in [0.3, 0.4) is 0 Å². The minimum atomic E-state index is -0.0743. The molecule has 0 unspecified atom stereocenters. The number of nitrogens with zero attached hydrogens (tertiary/aromatic N) is 1. The van der Waals surface area contributed by atoms with Crippen LogP contribution < -0.4 is 19.5 Å². The SMILES string of the molecule is COc1ccc(C)cc1-c1csc(NC(=O)CCc2ccc3c(c2)OCO3)n1. The number of fused-ring (bicyclic) bond motifs is 1. The van der Waals surface area contributed by atoms with Crippen molar-refractivity contribution in [3.05, 3.63) is 52.9 Å². The van der Waals surface area contributed by atoms with Gasteiger partial charge in [-0.25, -0.2) is 4.98 Å². The Bertz CT molecular complexity index is 1020. The van der Waals surface area contributed by atoms with E-state index < -0.39 is 0 Å². The van der Waals surface area contributed by atoms with Gasteiger partial charge >= 0.3 is 0 Å². The average Bonchev–Trinajstić information content (AvgIpc) is 3.35. The number of thiazole rings is 1. The van der Waals surface area contributed by atoms with E-state index in [1.165, 1.54) is 11.3 Å². The van der Waals surface area contributed by atoms with E-state index in [0.29, 0.717) is 18.0 Å². The maximum Gasteiger partial charge on any atom is 0.231 e. The first-order valence-electron chi connectivity index (χ1n) is 8.91. The van der Waals surface area contributed by atoms with Crippen molar-refractivity contribution in [1.82, 2.24) is 4.98 Å². The van der Waals surface area contributed by atoms with Crippen LogP contribution in [0.15, 0.2) is 41.8 Å². The first-order valence-corrected chi connectivity index (χ1v) is 9.79. The molecule has 1 aliphatic heterocycles. The number of carbonyl (C=O) groups excluding carboxylic acids is 1. The number of hydrogen-bond acceptors (Lipinski definition) is 6. The molecule has 28 heavy (non-hydrogen) atoms. The van der Waals surface area contributed by atoms with Crippen molar-refractivity contribution in [2.24, 2.45) is 0 Å². The quantitative estimate of drug-likeness (QED) is 0.668. The van der Waals surface area contributed by atoms with Crippen molar-refractivity contribution in [3.63, 3.8) is 0 Å². The Balaban J connectivity index is 1.39. The number of aromatic nitrogens is 1. The highest BCUT2D eigenvalue weighted by Gasteiger charge is 2.15. The molecule has 6 nitrogen and oxygen atoms in total. The number of methoxy groups -OCH3 is 1. The third-order valence-electron chi connectivity index (χ3n) is 4.46. The van der Waals surface area contributed by atoms with Crippen molar-refractivity contribution in [2.75, 3.05) is 19.2 Å². The molecule has 0 radical (unpaired) electrons. The van der Waals surface area contributed by atoms with Crippen LogP contribution in [0.25, 0.3) is 11.3 Å². The van der Waals surface area contributed by atoms with Gasteiger partial charge in [-0.15, -0.1) is 11.3 Å². The van der Waals surface area contributed by atoms with Gasteiger partial charge in [0.15, 0.2) is 16.6 Å². The van der Waals surface area contributed by atoms with E-state index in [1.54, 1.807) is 7.11 Å². The predicted octanol–water partition coefficient (Wildman–Crippen LogP) is 4.43. The van der Waals surface area contributed by atoms with Crippen LogP contribution in [0.5, 0.6) is 17.2 Å². The molecule has 7 heteroatoms. The highest BCUT2D eigenvalue weighted by Crippen LogP contribution is 2.34. The minimum absolute atomic E-state index is 0.0743. The lowest BCUT2D eigenvalue weighted by molar-refractivity contribution is -0.116. The average molecular weight is 396 g/mol. The van der Waals surface area contributed by atoms with Crippen molar-refractivity contribution >= 4 is 22.4 Å². The second-order valence-corrected chi connectivity index (χ2v) is 7.34. The molecule has 0 aliphatic carbocycles. The molecule has 1 amide bonds. The van der Waals surface area contributed by atoms with E-state index in [1.807, 2.05) is 48.7 Å². The van der Waals surface area contributed by atoms with Gasteiger partial charge in [0.25, 0.3) is 0 Å². The van der Waals surface area contributed by atoms with Crippen molar-refractivity contribution in [3.8, 4) is 28.5 Å². The Morgan fingerprint density at radius 2 is 2.07 bits per heavy atom. The van der Waals surface area contributed by atoms with Crippen LogP contribution in [0, 0.1) is 6.92 Å². The molecule has 0 saturated heterocycles. The molecule has 1 aliphatic rings. The summed E-state index contributed by atoms with van der Waals surface area (Å²) in [5.41, 5.74) is 3.86. The standard InChI is InChI=1S/C21H20N2O4S/c1-13-3-6-17(25-2)15(9-13)16-11-28-21(22-16)23-20(24)8-5-14-4-7-18-19(10-14)27-12-26-18/h3-4,6-7,9-11H,5,8,12H2,1-2H3,(H,22,23,24). The van der Waals surface area contributed by atoms with Crippen LogP contribution in [-0.4, -0.2) is 24.8 Å². The third-order valence-corrected chi connectivity index (χ3v) is 5.22. The zero-order valence-electron chi connectivity index (χ0n) is 15.7. The van der Waals surface area contributed by atoms with Crippen LogP contribution in [0.2, 0.25) is 0 Å². The number of carbonyl (C=O) groups is 1. The summed E-state index contributed by atoms with van der Waals surface area (Å²) in [6.07, 6.45) is 0.981. The van der Waals surface area contributed by atoms with E-state index in [-0.39, 0.29) is 12.7 Å². The molecule has 0 saturated carbocycles. The molecule has 1 N–H and O–H groups in total. The molecule has 2 aromatic carbocycles. The van der Waals surface area contributed by atoms with E-state index in [2.05, 4.69) is 10.3 Å². The lowest BCUT2D eigenvalue weighted by atomic mass is 10.1. The molecule has 0 spiro atoms. The van der Waals surface area contributed by atoms with Crippen molar-refractivity contribution in [2.45, 2.75) is 19.8 Å². The number of amides is 1. The molecule has 0 fully saturated rings. The van der Waals surface area contributed by atoms with Gasteiger partial charge in [-0.05, 0) is 43.2 Å². The molecular weight excluding hydrogens is 376 g/mol. The zero-order chi connectivity index (χ0) is 19.5. The number of aryl methyl sites for hydroxylation is 2. The van der Waals surface area contributed by atoms with Crippen molar-refractivity contribution < 1.29 is 19.0 Å². The van der Waals surface area contributed by atoms with Crippen molar-refractivity contribution in [1.29, 1.82) is 0 Å². The smallest absolute Gasteiger partial charge is 0.231 e. The fraction of sp³-hybridized carbons (Fsp3) is 0.238. The topological polar surface area (TPSA) is 69.7 Å². The van der Waals surface area contributed by atoms with Gasteiger partial charge in [0.05, 0.1) is 12.8 Å². The van der Waals surface area contributed by atoms with Gasteiger partial charge in [0.2, 0.25) is 12.7 Å². The van der Waals surface area contributed by atoms with Gasteiger partial charge in [0, 0.05) is 17.4 Å². The first kappa shape index (κ1) is 18.3. The van der Waals surface area contributed by atoms with Gasteiger partial charge in [-0.2, -0.15) is 0 Å². The van der Waals surface area contributed by atoms with E-state index >= 15 is 0 Å². The first-order chi connectivity index (χ1) is 13.6. The van der Waals surface area contributed by atoms with Crippen LogP contribution in [0.4, 0.5) is 5.13 Å². The number of ether oxygens (including phenoxy) is 3.